The fourth-order valence-corrected chi connectivity index (χ4v) is 4.08. The summed E-state index contributed by atoms with van der Waals surface area (Å²) in [4.78, 5) is 30.2. The minimum absolute atomic E-state index is 0.00692. The first-order chi connectivity index (χ1) is 17.7. The Labute approximate surface area is 211 Å². The number of carbonyl (C=O) groups is 2. The Bertz CT molecular complexity index is 1480. The number of Topliss-reactive ketones (excluding diaryl/α,β-unsaturated/α-hetero) is 1. The third-order valence-electron chi connectivity index (χ3n) is 6.07. The molecule has 37 heavy (non-hydrogen) atoms. The lowest BCUT2D eigenvalue weighted by molar-refractivity contribution is -0.125. The molecule has 6 nitrogen and oxygen atoms in total. The van der Waals surface area contributed by atoms with Crippen LogP contribution in [0.5, 0.6) is 5.75 Å². The third-order valence-corrected chi connectivity index (χ3v) is 6.07. The second-order valence-electron chi connectivity index (χ2n) is 8.60. The summed E-state index contributed by atoms with van der Waals surface area (Å²) in [5.74, 6) is -4.13. The number of nitrogens with one attached hydrogen (secondary N) is 1. The first-order valence-corrected chi connectivity index (χ1v) is 11.5. The van der Waals surface area contributed by atoms with Crippen LogP contribution in [0, 0.1) is 23.4 Å². The van der Waals surface area contributed by atoms with Crippen LogP contribution in [-0.2, 0) is 17.8 Å². The molecule has 0 bridgehead atoms. The second-order valence-corrected chi connectivity index (χ2v) is 8.60. The SMILES string of the molecule is COc1cc(C(=O)C[C@@H](Cc2ccc(F)c(F)c2)C(=O)NCc2ccc3c(N)nccc3c2)ccc1F. The predicted molar refractivity (Wildman–Crippen MR) is 133 cm³/mol. The van der Waals surface area contributed by atoms with E-state index in [2.05, 4.69) is 10.3 Å². The highest BCUT2D eigenvalue weighted by atomic mass is 19.2. The minimum atomic E-state index is -1.05. The number of hydrogen-bond acceptors (Lipinski definition) is 5. The number of rotatable bonds is 9. The van der Waals surface area contributed by atoms with Gasteiger partial charge >= 0.3 is 0 Å². The Balaban J connectivity index is 1.54. The molecule has 3 N–H and O–H groups in total. The molecule has 0 spiro atoms. The van der Waals surface area contributed by atoms with Gasteiger partial charge in [0.1, 0.15) is 5.82 Å². The van der Waals surface area contributed by atoms with E-state index >= 15 is 0 Å². The molecule has 190 valence electrons. The van der Waals surface area contributed by atoms with Gasteiger partial charge in [-0.15, -0.1) is 0 Å². The van der Waals surface area contributed by atoms with Gasteiger partial charge in [-0.25, -0.2) is 18.2 Å². The molecule has 4 rings (SSSR count). The van der Waals surface area contributed by atoms with Crippen molar-refractivity contribution in [2.24, 2.45) is 5.92 Å². The molecule has 3 aromatic carbocycles. The topological polar surface area (TPSA) is 94.3 Å². The molecule has 0 saturated heterocycles. The summed E-state index contributed by atoms with van der Waals surface area (Å²) in [5, 5.41) is 4.47. The van der Waals surface area contributed by atoms with Crippen molar-refractivity contribution in [3.05, 3.63) is 101 Å². The number of carbonyl (C=O) groups excluding carboxylic acids is 2. The molecule has 4 aromatic rings. The van der Waals surface area contributed by atoms with E-state index in [4.69, 9.17) is 10.5 Å². The van der Waals surface area contributed by atoms with Crippen LogP contribution in [0.15, 0.2) is 66.9 Å². The van der Waals surface area contributed by atoms with E-state index in [0.717, 1.165) is 34.5 Å². The van der Waals surface area contributed by atoms with Gasteiger partial charge in [0.25, 0.3) is 0 Å². The molecule has 0 fully saturated rings. The van der Waals surface area contributed by atoms with Crippen molar-refractivity contribution in [2.45, 2.75) is 19.4 Å². The fourth-order valence-electron chi connectivity index (χ4n) is 4.08. The van der Waals surface area contributed by atoms with Gasteiger partial charge in [0.15, 0.2) is 29.0 Å². The highest BCUT2D eigenvalue weighted by Gasteiger charge is 2.24. The second kappa shape index (κ2) is 11.1. The van der Waals surface area contributed by atoms with Crippen LogP contribution in [0.2, 0.25) is 0 Å². The summed E-state index contributed by atoms with van der Waals surface area (Å²) in [6.45, 7) is 0.170. The molecule has 0 saturated carbocycles. The van der Waals surface area contributed by atoms with Crippen LogP contribution in [0.3, 0.4) is 0 Å². The van der Waals surface area contributed by atoms with Crippen molar-refractivity contribution in [3.8, 4) is 5.75 Å². The molecule has 0 aliphatic rings. The van der Waals surface area contributed by atoms with Crippen molar-refractivity contribution in [1.29, 1.82) is 0 Å². The van der Waals surface area contributed by atoms with E-state index in [1.807, 2.05) is 12.1 Å². The van der Waals surface area contributed by atoms with Crippen LogP contribution in [-0.4, -0.2) is 23.8 Å². The van der Waals surface area contributed by atoms with Crippen LogP contribution >= 0.6 is 0 Å². The maximum Gasteiger partial charge on any atom is 0.224 e. The van der Waals surface area contributed by atoms with Gasteiger partial charge in [-0.05, 0) is 65.4 Å². The number of halogens is 3. The van der Waals surface area contributed by atoms with Gasteiger partial charge in [0.2, 0.25) is 5.91 Å². The number of nitrogens with zero attached hydrogens (tertiary/aromatic N) is 1. The Morgan fingerprint density at radius 1 is 0.946 bits per heavy atom. The number of amides is 1. The lowest BCUT2D eigenvalue weighted by Crippen LogP contribution is -2.33. The number of benzene rings is 3. The molecule has 0 aliphatic carbocycles. The van der Waals surface area contributed by atoms with Gasteiger partial charge in [0, 0.05) is 36.0 Å². The predicted octanol–water partition coefficient (Wildman–Crippen LogP) is 4.99. The number of aromatic nitrogens is 1. The Morgan fingerprint density at radius 3 is 2.46 bits per heavy atom. The van der Waals surface area contributed by atoms with E-state index in [9.17, 15) is 22.8 Å². The smallest absolute Gasteiger partial charge is 0.224 e. The van der Waals surface area contributed by atoms with Gasteiger partial charge in [0.05, 0.1) is 7.11 Å². The van der Waals surface area contributed by atoms with Gasteiger partial charge < -0.3 is 15.8 Å². The maximum absolute atomic E-state index is 13.8. The molecule has 9 heteroatoms. The number of nitrogens with two attached hydrogens (primary N) is 1. The normalized spacial score (nSPS) is 11.8. The van der Waals surface area contributed by atoms with Gasteiger partial charge in [-0.2, -0.15) is 0 Å². The highest BCUT2D eigenvalue weighted by Crippen LogP contribution is 2.23. The Kier molecular flexibility index (Phi) is 7.71. The number of hydrogen-bond donors (Lipinski definition) is 2. The Hall–Kier alpha value is -4.40. The molecule has 1 heterocycles. The molecule has 0 aliphatic heterocycles. The van der Waals surface area contributed by atoms with Crippen molar-refractivity contribution < 1.29 is 27.5 Å². The molecule has 1 amide bonds. The number of methoxy groups -OCH3 is 1. The summed E-state index contributed by atoms with van der Waals surface area (Å²) < 4.78 is 45.9. The number of ether oxygens (including phenoxy) is 1. The molecular formula is C28H24F3N3O3. The summed E-state index contributed by atoms with van der Waals surface area (Å²) >= 11 is 0. The number of nitrogen functional groups attached to an aromatic ring is 1. The van der Waals surface area contributed by atoms with Crippen LogP contribution < -0.4 is 15.8 Å². The van der Waals surface area contributed by atoms with E-state index in [1.165, 1.54) is 25.3 Å². The zero-order valence-electron chi connectivity index (χ0n) is 19.9. The fraction of sp³-hybridized carbons (Fsp3) is 0.179. The molecule has 1 aromatic heterocycles. The van der Waals surface area contributed by atoms with E-state index < -0.39 is 35.1 Å². The average Bonchev–Trinajstić information content (AvgIpc) is 2.89. The van der Waals surface area contributed by atoms with Crippen LogP contribution in [0.1, 0.15) is 27.9 Å². The van der Waals surface area contributed by atoms with Gasteiger partial charge in [-0.3, -0.25) is 9.59 Å². The van der Waals surface area contributed by atoms with Crippen molar-refractivity contribution in [2.75, 3.05) is 12.8 Å². The number of pyridine rings is 1. The summed E-state index contributed by atoms with van der Waals surface area (Å²) in [5.41, 5.74) is 7.22. The molecule has 0 radical (unpaired) electrons. The Morgan fingerprint density at radius 2 is 1.70 bits per heavy atom. The van der Waals surface area contributed by atoms with E-state index in [1.54, 1.807) is 18.3 Å². The third kappa shape index (κ3) is 6.06. The van der Waals surface area contributed by atoms with E-state index in [-0.39, 0.29) is 30.7 Å². The number of anilines is 1. The minimum Gasteiger partial charge on any atom is -0.494 e. The van der Waals surface area contributed by atoms with Crippen molar-refractivity contribution >= 4 is 28.3 Å². The monoisotopic (exact) mass is 507 g/mol. The number of fused-ring (bicyclic) bond motifs is 1. The van der Waals surface area contributed by atoms with Gasteiger partial charge in [-0.1, -0.05) is 18.2 Å². The first-order valence-electron chi connectivity index (χ1n) is 11.5. The molecule has 1 atom stereocenters. The summed E-state index contributed by atoms with van der Waals surface area (Å²) in [6.07, 6.45) is 1.35. The van der Waals surface area contributed by atoms with Crippen molar-refractivity contribution in [3.63, 3.8) is 0 Å². The van der Waals surface area contributed by atoms with E-state index in [0.29, 0.717) is 11.4 Å². The first kappa shape index (κ1) is 25.7. The maximum atomic E-state index is 13.8. The number of ketones is 1. The summed E-state index contributed by atoms with van der Waals surface area (Å²) in [6, 6.07) is 14.3. The zero-order valence-corrected chi connectivity index (χ0v) is 19.9. The average molecular weight is 508 g/mol. The lowest BCUT2D eigenvalue weighted by atomic mass is 9.91. The largest absolute Gasteiger partial charge is 0.494 e. The molecular weight excluding hydrogens is 483 g/mol. The standard InChI is InChI=1S/C28H24F3N3O3/c1-37-26-14-19(4-7-23(26)30)25(35)13-20(10-16-3-6-22(29)24(31)12-16)28(36)34-15-17-2-5-21-18(11-17)8-9-33-27(21)32/h2-9,11-12,14,20H,10,13,15H2,1H3,(H2,32,33)(H,34,36)/t20-/m1/s1. The van der Waals surface area contributed by atoms with Crippen LogP contribution in [0.4, 0.5) is 19.0 Å². The summed E-state index contributed by atoms with van der Waals surface area (Å²) in [7, 11) is 1.28. The van der Waals surface area contributed by atoms with Crippen LogP contribution in [0.25, 0.3) is 10.8 Å². The van der Waals surface area contributed by atoms with Crippen molar-refractivity contribution in [1.82, 2.24) is 10.3 Å². The lowest BCUT2D eigenvalue weighted by Gasteiger charge is -2.17. The highest BCUT2D eigenvalue weighted by molar-refractivity contribution is 5.99. The molecule has 0 unspecified atom stereocenters. The quantitative estimate of drug-likeness (QED) is 0.311. The zero-order chi connectivity index (χ0) is 26.5.